The lowest BCUT2D eigenvalue weighted by Crippen LogP contribution is -2.05. The van der Waals surface area contributed by atoms with E-state index in [1.807, 2.05) is 6.07 Å². The minimum Gasteiger partial charge on any atom is -0.356 e. The van der Waals surface area contributed by atoms with Gasteiger partial charge in [-0.3, -0.25) is 4.79 Å². The minimum atomic E-state index is -0.191. The zero-order valence-electron chi connectivity index (χ0n) is 8.05. The lowest BCUT2D eigenvalue weighted by Gasteiger charge is -2.03. The number of hydrogen-bond acceptors (Lipinski definition) is 2. The number of nitrogens with zero attached hydrogens (tertiary/aromatic N) is 1. The summed E-state index contributed by atoms with van der Waals surface area (Å²) in [5.41, 5.74) is 0.872. The van der Waals surface area contributed by atoms with Gasteiger partial charge in [-0.05, 0) is 12.1 Å². The van der Waals surface area contributed by atoms with Crippen LogP contribution in [0.4, 0.5) is 0 Å². The standard InChI is InChI=1S/C11H6Cl2N2O/c12-6-3-8-10(16)5-7(1-2-14)15-11(8)9(13)4-6/h3-5H,1H2,(H,15,16). The lowest BCUT2D eigenvalue weighted by molar-refractivity contribution is 1.14. The quantitative estimate of drug-likeness (QED) is 0.849. The maximum atomic E-state index is 11.7. The largest absolute Gasteiger partial charge is 0.356 e. The number of H-pyrrole nitrogens is 1. The van der Waals surface area contributed by atoms with Crippen molar-refractivity contribution in [3.05, 3.63) is 44.2 Å². The second-order valence-electron chi connectivity index (χ2n) is 3.30. The number of rotatable bonds is 1. The van der Waals surface area contributed by atoms with Crippen molar-refractivity contribution >= 4 is 34.1 Å². The van der Waals surface area contributed by atoms with Crippen molar-refractivity contribution in [3.8, 4) is 6.07 Å². The number of benzene rings is 1. The normalized spacial score (nSPS) is 10.3. The summed E-state index contributed by atoms with van der Waals surface area (Å²) in [5, 5.41) is 9.79. The first-order chi connectivity index (χ1) is 7.61. The molecule has 0 aliphatic carbocycles. The van der Waals surface area contributed by atoms with Crippen molar-refractivity contribution in [1.29, 1.82) is 5.26 Å². The molecule has 1 heterocycles. The molecule has 0 fully saturated rings. The molecule has 0 saturated heterocycles. The highest BCUT2D eigenvalue weighted by atomic mass is 35.5. The van der Waals surface area contributed by atoms with Crippen molar-refractivity contribution in [2.75, 3.05) is 0 Å². The van der Waals surface area contributed by atoms with E-state index < -0.39 is 0 Å². The molecule has 0 bridgehead atoms. The topological polar surface area (TPSA) is 56.6 Å². The molecule has 0 aliphatic rings. The van der Waals surface area contributed by atoms with Crippen molar-refractivity contribution in [1.82, 2.24) is 4.98 Å². The molecule has 0 spiro atoms. The first-order valence-electron chi connectivity index (χ1n) is 4.49. The summed E-state index contributed by atoms with van der Waals surface area (Å²) in [5.74, 6) is 0. The van der Waals surface area contributed by atoms with Crippen LogP contribution >= 0.6 is 23.2 Å². The SMILES string of the molecule is N#CCc1cc(=O)c2cc(Cl)cc(Cl)c2[nH]1. The van der Waals surface area contributed by atoms with E-state index >= 15 is 0 Å². The Labute approximate surface area is 101 Å². The number of nitrogens with one attached hydrogen (secondary N) is 1. The van der Waals surface area contributed by atoms with Crippen LogP contribution in [0.3, 0.4) is 0 Å². The molecule has 80 valence electrons. The molecule has 0 aliphatic heterocycles. The number of hydrogen-bond donors (Lipinski definition) is 1. The van der Waals surface area contributed by atoms with Gasteiger partial charge in [-0.2, -0.15) is 5.26 Å². The first kappa shape index (κ1) is 11.0. The lowest BCUT2D eigenvalue weighted by atomic mass is 10.2. The van der Waals surface area contributed by atoms with E-state index in [0.717, 1.165) is 0 Å². The van der Waals surface area contributed by atoms with Gasteiger partial charge in [0.2, 0.25) is 0 Å². The Morgan fingerprint density at radius 3 is 2.75 bits per heavy atom. The van der Waals surface area contributed by atoms with Crippen LogP contribution in [0.15, 0.2) is 23.0 Å². The van der Waals surface area contributed by atoms with Crippen LogP contribution in [0, 0.1) is 11.3 Å². The second-order valence-corrected chi connectivity index (χ2v) is 4.15. The fourth-order valence-corrected chi connectivity index (χ4v) is 2.05. The summed E-state index contributed by atoms with van der Waals surface area (Å²) in [6, 6.07) is 6.46. The minimum absolute atomic E-state index is 0.143. The number of nitriles is 1. The highest BCUT2D eigenvalue weighted by molar-refractivity contribution is 6.38. The monoisotopic (exact) mass is 252 g/mol. The Morgan fingerprint density at radius 2 is 2.06 bits per heavy atom. The fourth-order valence-electron chi connectivity index (χ4n) is 1.51. The van der Waals surface area contributed by atoms with Gasteiger partial charge in [0.15, 0.2) is 5.43 Å². The van der Waals surface area contributed by atoms with Gasteiger partial charge in [0.25, 0.3) is 0 Å². The molecule has 2 aromatic rings. The van der Waals surface area contributed by atoms with E-state index in [1.165, 1.54) is 6.07 Å². The number of halogens is 2. The Balaban J connectivity index is 2.83. The van der Waals surface area contributed by atoms with Crippen LogP contribution in [0.25, 0.3) is 10.9 Å². The van der Waals surface area contributed by atoms with Crippen LogP contribution < -0.4 is 5.43 Å². The molecule has 0 saturated carbocycles. The summed E-state index contributed by atoms with van der Waals surface area (Å²) in [4.78, 5) is 14.7. The first-order valence-corrected chi connectivity index (χ1v) is 5.25. The highest BCUT2D eigenvalue weighted by Gasteiger charge is 2.07. The van der Waals surface area contributed by atoms with Crippen molar-refractivity contribution in [2.24, 2.45) is 0 Å². The van der Waals surface area contributed by atoms with Crippen LogP contribution in [-0.4, -0.2) is 4.98 Å². The molecule has 16 heavy (non-hydrogen) atoms. The molecule has 2 rings (SSSR count). The zero-order chi connectivity index (χ0) is 11.7. The van der Waals surface area contributed by atoms with Gasteiger partial charge in [0.05, 0.1) is 23.0 Å². The van der Waals surface area contributed by atoms with Gasteiger partial charge < -0.3 is 4.98 Å². The second kappa shape index (κ2) is 4.17. The Morgan fingerprint density at radius 1 is 1.31 bits per heavy atom. The smallest absolute Gasteiger partial charge is 0.189 e. The van der Waals surface area contributed by atoms with E-state index in [4.69, 9.17) is 28.5 Å². The van der Waals surface area contributed by atoms with E-state index in [-0.39, 0.29) is 11.8 Å². The molecular weight excluding hydrogens is 247 g/mol. The summed E-state index contributed by atoms with van der Waals surface area (Å²) in [6.07, 6.45) is 0.143. The van der Waals surface area contributed by atoms with Gasteiger partial charge in [-0.15, -0.1) is 0 Å². The molecule has 1 aromatic heterocycles. The zero-order valence-corrected chi connectivity index (χ0v) is 9.56. The van der Waals surface area contributed by atoms with E-state index in [9.17, 15) is 4.79 Å². The van der Waals surface area contributed by atoms with Gasteiger partial charge >= 0.3 is 0 Å². The van der Waals surface area contributed by atoms with Crippen LogP contribution in [-0.2, 0) is 6.42 Å². The summed E-state index contributed by atoms with van der Waals surface area (Å²) >= 11 is 11.8. The number of pyridine rings is 1. The molecule has 3 nitrogen and oxygen atoms in total. The molecule has 0 unspecified atom stereocenters. The third-order valence-corrected chi connectivity index (χ3v) is 2.70. The highest BCUT2D eigenvalue weighted by Crippen LogP contribution is 2.24. The molecule has 0 amide bonds. The maximum Gasteiger partial charge on any atom is 0.189 e. The number of fused-ring (bicyclic) bond motifs is 1. The molecule has 5 heteroatoms. The number of aromatic amines is 1. The Kier molecular flexibility index (Phi) is 2.86. The molecule has 0 radical (unpaired) electrons. The van der Waals surface area contributed by atoms with E-state index in [2.05, 4.69) is 4.98 Å². The molecule has 0 atom stereocenters. The Hall–Kier alpha value is -1.50. The van der Waals surface area contributed by atoms with Crippen LogP contribution in [0.1, 0.15) is 5.69 Å². The van der Waals surface area contributed by atoms with Gasteiger partial charge in [-0.25, -0.2) is 0 Å². The molecular formula is C11H6Cl2N2O. The average Bonchev–Trinajstić information content (AvgIpc) is 2.20. The summed E-state index contributed by atoms with van der Waals surface area (Å²) in [6.45, 7) is 0. The van der Waals surface area contributed by atoms with Crippen LogP contribution in [0.5, 0.6) is 0 Å². The Bertz CT molecular complexity index is 655. The van der Waals surface area contributed by atoms with Gasteiger partial charge in [0.1, 0.15) is 0 Å². The van der Waals surface area contributed by atoms with Gasteiger partial charge in [0, 0.05) is 22.2 Å². The van der Waals surface area contributed by atoms with Crippen molar-refractivity contribution in [3.63, 3.8) is 0 Å². The third-order valence-electron chi connectivity index (χ3n) is 2.18. The van der Waals surface area contributed by atoms with Crippen molar-refractivity contribution in [2.45, 2.75) is 6.42 Å². The maximum absolute atomic E-state index is 11.7. The third kappa shape index (κ3) is 1.90. The summed E-state index contributed by atoms with van der Waals surface area (Å²) in [7, 11) is 0. The average molecular weight is 253 g/mol. The van der Waals surface area contributed by atoms with Gasteiger partial charge in [-0.1, -0.05) is 23.2 Å². The van der Waals surface area contributed by atoms with Crippen molar-refractivity contribution < 1.29 is 0 Å². The fraction of sp³-hybridized carbons (Fsp3) is 0.0909. The van der Waals surface area contributed by atoms with E-state index in [1.54, 1.807) is 12.1 Å². The molecule has 1 N–H and O–H groups in total. The van der Waals surface area contributed by atoms with Crippen LogP contribution in [0.2, 0.25) is 10.0 Å². The predicted octanol–water partition coefficient (Wildman–Crippen LogP) is 2.90. The number of aromatic nitrogens is 1. The molecule has 1 aromatic carbocycles. The predicted molar refractivity (Wildman–Crippen MR) is 63.9 cm³/mol. The van der Waals surface area contributed by atoms with E-state index in [0.29, 0.717) is 26.6 Å². The summed E-state index contributed by atoms with van der Waals surface area (Å²) < 4.78 is 0.